The van der Waals surface area contributed by atoms with Crippen LogP contribution in [-0.4, -0.2) is 54.2 Å². The van der Waals surface area contributed by atoms with E-state index in [-0.39, 0.29) is 0 Å². The van der Waals surface area contributed by atoms with E-state index < -0.39 is 0 Å². The Bertz CT molecular complexity index is 412. The predicted molar refractivity (Wildman–Crippen MR) is 74.6 cm³/mol. The Hall–Kier alpha value is -1.36. The number of aromatic nitrogens is 2. The highest BCUT2D eigenvalue weighted by molar-refractivity contribution is 5.48. The van der Waals surface area contributed by atoms with Crippen molar-refractivity contribution >= 4 is 5.82 Å². The molecule has 1 saturated carbocycles. The van der Waals surface area contributed by atoms with Crippen LogP contribution in [-0.2, 0) is 0 Å². The number of hydrogen-bond donors (Lipinski definition) is 0. The van der Waals surface area contributed by atoms with Crippen molar-refractivity contribution in [1.82, 2.24) is 14.9 Å². The first kappa shape index (κ1) is 12.7. The molecule has 0 N–H and O–H groups in total. The van der Waals surface area contributed by atoms with E-state index >= 15 is 0 Å². The minimum atomic E-state index is 0.636. The lowest BCUT2D eigenvalue weighted by atomic mass is 10.2. The maximum Gasteiger partial charge on any atom is 0.257 e. The van der Waals surface area contributed by atoms with E-state index in [1.165, 1.54) is 25.7 Å². The molecule has 2 heterocycles. The van der Waals surface area contributed by atoms with Crippen LogP contribution in [0.15, 0.2) is 12.4 Å². The Balaban J connectivity index is 1.63. The van der Waals surface area contributed by atoms with Gasteiger partial charge >= 0.3 is 0 Å². The molecule has 0 bridgehead atoms. The number of methoxy groups -OCH3 is 1. The molecule has 0 aromatic carbocycles. The third kappa shape index (κ3) is 2.66. The Kier molecular flexibility index (Phi) is 3.82. The Morgan fingerprint density at radius 2 is 1.74 bits per heavy atom. The smallest absolute Gasteiger partial charge is 0.257 e. The van der Waals surface area contributed by atoms with Crippen LogP contribution in [0.25, 0.3) is 0 Å². The Morgan fingerprint density at radius 1 is 1.05 bits per heavy atom. The molecule has 1 aromatic heterocycles. The summed E-state index contributed by atoms with van der Waals surface area (Å²) in [6.07, 6.45) is 8.99. The van der Waals surface area contributed by atoms with Crippen LogP contribution in [0.5, 0.6) is 5.88 Å². The lowest BCUT2D eigenvalue weighted by Gasteiger charge is -2.38. The largest absolute Gasteiger partial charge is 0.478 e. The van der Waals surface area contributed by atoms with Crippen molar-refractivity contribution in [1.29, 1.82) is 0 Å². The summed E-state index contributed by atoms with van der Waals surface area (Å²) in [5.74, 6) is 1.52. The summed E-state index contributed by atoms with van der Waals surface area (Å²) in [5.41, 5.74) is 0. The average molecular weight is 262 g/mol. The van der Waals surface area contributed by atoms with E-state index in [0.717, 1.165) is 38.0 Å². The van der Waals surface area contributed by atoms with Crippen LogP contribution in [0.1, 0.15) is 25.7 Å². The highest BCUT2D eigenvalue weighted by atomic mass is 16.5. The van der Waals surface area contributed by atoms with Crippen molar-refractivity contribution < 1.29 is 4.74 Å². The normalized spacial score (nSPS) is 21.8. The number of hydrogen-bond acceptors (Lipinski definition) is 5. The van der Waals surface area contributed by atoms with Crippen molar-refractivity contribution in [3.8, 4) is 5.88 Å². The third-order valence-corrected chi connectivity index (χ3v) is 4.29. The van der Waals surface area contributed by atoms with Crippen LogP contribution < -0.4 is 9.64 Å². The second kappa shape index (κ2) is 5.74. The summed E-state index contributed by atoms with van der Waals surface area (Å²) in [5, 5.41) is 0. The molecular weight excluding hydrogens is 240 g/mol. The first-order valence-electron chi connectivity index (χ1n) is 7.22. The lowest BCUT2D eigenvalue weighted by Crippen LogP contribution is -2.50. The summed E-state index contributed by atoms with van der Waals surface area (Å²) < 4.78 is 5.30. The second-order valence-corrected chi connectivity index (χ2v) is 5.35. The third-order valence-electron chi connectivity index (χ3n) is 4.29. The topological polar surface area (TPSA) is 41.5 Å². The van der Waals surface area contributed by atoms with E-state index in [1.807, 2.05) is 0 Å². The van der Waals surface area contributed by atoms with Gasteiger partial charge in [-0.05, 0) is 12.8 Å². The highest BCUT2D eigenvalue weighted by Crippen LogP contribution is 2.27. The van der Waals surface area contributed by atoms with Crippen LogP contribution in [0.3, 0.4) is 0 Å². The fourth-order valence-corrected chi connectivity index (χ4v) is 3.25. The van der Waals surface area contributed by atoms with Crippen LogP contribution >= 0.6 is 0 Å². The van der Waals surface area contributed by atoms with Crippen molar-refractivity contribution in [3.63, 3.8) is 0 Å². The Morgan fingerprint density at radius 3 is 2.42 bits per heavy atom. The van der Waals surface area contributed by atoms with Gasteiger partial charge in [0.05, 0.1) is 7.11 Å². The lowest BCUT2D eigenvalue weighted by molar-refractivity contribution is 0.187. The van der Waals surface area contributed by atoms with Gasteiger partial charge in [0, 0.05) is 44.6 Å². The maximum absolute atomic E-state index is 5.30. The summed E-state index contributed by atoms with van der Waals surface area (Å²) in [6.45, 7) is 4.30. The fraction of sp³-hybridized carbons (Fsp3) is 0.714. The number of rotatable bonds is 3. The number of ether oxygens (including phenoxy) is 1. The van der Waals surface area contributed by atoms with Gasteiger partial charge < -0.3 is 9.64 Å². The van der Waals surface area contributed by atoms with Gasteiger partial charge in [-0.3, -0.25) is 4.90 Å². The minimum Gasteiger partial charge on any atom is -0.478 e. The first-order valence-corrected chi connectivity index (χ1v) is 7.22. The van der Waals surface area contributed by atoms with Gasteiger partial charge in [-0.15, -0.1) is 0 Å². The molecule has 2 fully saturated rings. The molecule has 104 valence electrons. The zero-order chi connectivity index (χ0) is 13.1. The molecule has 1 aliphatic carbocycles. The summed E-state index contributed by atoms with van der Waals surface area (Å²) in [7, 11) is 1.66. The molecule has 0 radical (unpaired) electrons. The molecule has 19 heavy (non-hydrogen) atoms. The van der Waals surface area contributed by atoms with Gasteiger partial charge in [-0.25, -0.2) is 9.97 Å². The first-order chi connectivity index (χ1) is 9.38. The van der Waals surface area contributed by atoms with Crippen molar-refractivity contribution in [3.05, 3.63) is 12.4 Å². The predicted octanol–water partition coefficient (Wildman–Crippen LogP) is 1.55. The highest BCUT2D eigenvalue weighted by Gasteiger charge is 2.27. The molecule has 0 atom stereocenters. The molecular formula is C14H22N4O. The number of anilines is 1. The van der Waals surface area contributed by atoms with E-state index in [1.54, 1.807) is 19.5 Å². The minimum absolute atomic E-state index is 0.636. The van der Waals surface area contributed by atoms with E-state index in [0.29, 0.717) is 5.88 Å². The average Bonchev–Trinajstić information content (AvgIpc) is 3.02. The zero-order valence-corrected chi connectivity index (χ0v) is 11.6. The van der Waals surface area contributed by atoms with Gasteiger partial charge in [0.15, 0.2) is 5.82 Å². The SMILES string of the molecule is COc1nccnc1N1CCN(C2CCCC2)CC1. The van der Waals surface area contributed by atoms with Gasteiger partial charge in [0.1, 0.15) is 0 Å². The van der Waals surface area contributed by atoms with Crippen LogP contribution in [0, 0.1) is 0 Å². The van der Waals surface area contributed by atoms with Crippen LogP contribution in [0.4, 0.5) is 5.82 Å². The Labute approximate surface area is 114 Å². The standard InChI is InChI=1S/C14H22N4O/c1-19-14-13(15-6-7-16-14)18-10-8-17(9-11-18)12-4-2-3-5-12/h6-7,12H,2-5,8-11H2,1H3. The molecule has 5 nitrogen and oxygen atoms in total. The van der Waals surface area contributed by atoms with E-state index in [2.05, 4.69) is 19.8 Å². The molecule has 0 amide bonds. The molecule has 1 aliphatic heterocycles. The fourth-order valence-electron chi connectivity index (χ4n) is 3.25. The maximum atomic E-state index is 5.30. The van der Waals surface area contributed by atoms with Gasteiger partial charge in [-0.2, -0.15) is 0 Å². The van der Waals surface area contributed by atoms with Gasteiger partial charge in [0.25, 0.3) is 5.88 Å². The van der Waals surface area contributed by atoms with E-state index in [4.69, 9.17) is 4.74 Å². The van der Waals surface area contributed by atoms with Crippen molar-refractivity contribution in [2.45, 2.75) is 31.7 Å². The summed E-state index contributed by atoms with van der Waals surface area (Å²) in [4.78, 5) is 13.6. The van der Waals surface area contributed by atoms with Crippen molar-refractivity contribution in [2.24, 2.45) is 0 Å². The van der Waals surface area contributed by atoms with Gasteiger partial charge in [-0.1, -0.05) is 12.8 Å². The quantitative estimate of drug-likeness (QED) is 0.826. The molecule has 5 heteroatoms. The van der Waals surface area contributed by atoms with Crippen molar-refractivity contribution in [2.75, 3.05) is 38.2 Å². The molecule has 3 rings (SSSR count). The van der Waals surface area contributed by atoms with Crippen LogP contribution in [0.2, 0.25) is 0 Å². The summed E-state index contributed by atoms with van der Waals surface area (Å²) >= 11 is 0. The zero-order valence-electron chi connectivity index (χ0n) is 11.6. The molecule has 2 aliphatic rings. The molecule has 1 aromatic rings. The monoisotopic (exact) mass is 262 g/mol. The number of nitrogens with zero attached hydrogens (tertiary/aromatic N) is 4. The second-order valence-electron chi connectivity index (χ2n) is 5.35. The molecule has 0 unspecified atom stereocenters. The number of piperazine rings is 1. The van der Waals surface area contributed by atoms with E-state index in [9.17, 15) is 0 Å². The molecule has 0 spiro atoms. The van der Waals surface area contributed by atoms with Gasteiger partial charge in [0.2, 0.25) is 0 Å². The summed E-state index contributed by atoms with van der Waals surface area (Å²) in [6, 6.07) is 0.825. The molecule has 1 saturated heterocycles.